The molecule has 0 aliphatic carbocycles. The molecule has 2 N–H and O–H groups in total. The molecule has 2 aromatic rings. The van der Waals surface area contributed by atoms with Gasteiger partial charge in [-0.15, -0.1) is 6.58 Å². The van der Waals surface area contributed by atoms with Gasteiger partial charge in [0.1, 0.15) is 0 Å². The van der Waals surface area contributed by atoms with E-state index in [0.717, 1.165) is 16.8 Å². The molecule has 0 spiro atoms. The Kier molecular flexibility index (Phi) is 4.88. The zero-order valence-electron chi connectivity index (χ0n) is 12.8. The largest absolute Gasteiger partial charge is 0.382 e. The number of rotatable bonds is 6. The molecule has 5 heteroatoms. The fourth-order valence-electron chi connectivity index (χ4n) is 2.05. The molecule has 0 amide bonds. The fraction of sp³-hybridized carbons (Fsp3) is 0.176. The van der Waals surface area contributed by atoms with Crippen LogP contribution in [0.2, 0.25) is 0 Å². The molecule has 0 saturated carbocycles. The van der Waals surface area contributed by atoms with Crippen LogP contribution in [0.4, 0.5) is 11.4 Å². The number of benzene rings is 2. The zero-order valence-corrected chi connectivity index (χ0v) is 13.6. The van der Waals surface area contributed by atoms with Crippen LogP contribution in [0.1, 0.15) is 11.1 Å². The second kappa shape index (κ2) is 6.66. The first-order valence-electron chi connectivity index (χ1n) is 6.97. The monoisotopic (exact) mass is 316 g/mol. The Morgan fingerprint density at radius 3 is 2.32 bits per heavy atom. The lowest BCUT2D eigenvalue weighted by atomic mass is 10.2. The van der Waals surface area contributed by atoms with Gasteiger partial charge in [0, 0.05) is 17.9 Å². The van der Waals surface area contributed by atoms with Crippen LogP contribution in [0.3, 0.4) is 0 Å². The van der Waals surface area contributed by atoms with E-state index in [2.05, 4.69) is 16.6 Å². The summed E-state index contributed by atoms with van der Waals surface area (Å²) >= 11 is 0. The van der Waals surface area contributed by atoms with Crippen LogP contribution in [-0.2, 0) is 10.0 Å². The van der Waals surface area contributed by atoms with E-state index in [1.54, 1.807) is 31.2 Å². The summed E-state index contributed by atoms with van der Waals surface area (Å²) in [6.45, 7) is 7.96. The van der Waals surface area contributed by atoms with Gasteiger partial charge in [-0.3, -0.25) is 4.72 Å². The van der Waals surface area contributed by atoms with Crippen molar-refractivity contribution in [2.24, 2.45) is 0 Å². The minimum Gasteiger partial charge on any atom is -0.382 e. The molecule has 2 aromatic carbocycles. The van der Waals surface area contributed by atoms with Gasteiger partial charge in [0.05, 0.1) is 4.90 Å². The number of anilines is 2. The van der Waals surface area contributed by atoms with E-state index in [1.807, 2.05) is 31.2 Å². The van der Waals surface area contributed by atoms with Crippen molar-refractivity contribution in [2.45, 2.75) is 18.7 Å². The van der Waals surface area contributed by atoms with Crippen LogP contribution in [0.25, 0.3) is 0 Å². The topological polar surface area (TPSA) is 58.2 Å². The third-order valence-electron chi connectivity index (χ3n) is 3.22. The highest BCUT2D eigenvalue weighted by Gasteiger charge is 2.16. The molecule has 4 nitrogen and oxygen atoms in total. The van der Waals surface area contributed by atoms with Gasteiger partial charge in [0.2, 0.25) is 0 Å². The maximum Gasteiger partial charge on any atom is 0.262 e. The van der Waals surface area contributed by atoms with Crippen molar-refractivity contribution in [3.63, 3.8) is 0 Å². The van der Waals surface area contributed by atoms with Crippen molar-refractivity contribution in [3.05, 3.63) is 66.2 Å². The van der Waals surface area contributed by atoms with E-state index in [9.17, 15) is 8.42 Å². The predicted molar refractivity (Wildman–Crippen MR) is 91.9 cm³/mol. The van der Waals surface area contributed by atoms with Gasteiger partial charge >= 0.3 is 0 Å². The van der Waals surface area contributed by atoms with Gasteiger partial charge in [-0.2, -0.15) is 0 Å². The fourth-order valence-corrected chi connectivity index (χ4v) is 3.44. The Labute approximate surface area is 131 Å². The van der Waals surface area contributed by atoms with Gasteiger partial charge in [0.15, 0.2) is 0 Å². The first kappa shape index (κ1) is 16.1. The molecule has 22 heavy (non-hydrogen) atoms. The highest BCUT2D eigenvalue weighted by atomic mass is 32.2. The SMILES string of the molecule is C=CCNc1ccc(NS(=O)(=O)c2cc(C)ccc2C)cc1. The van der Waals surface area contributed by atoms with Gasteiger partial charge < -0.3 is 5.32 Å². The van der Waals surface area contributed by atoms with Crippen LogP contribution in [0.15, 0.2) is 60.0 Å². The Morgan fingerprint density at radius 1 is 1.05 bits per heavy atom. The smallest absolute Gasteiger partial charge is 0.262 e. The quantitative estimate of drug-likeness (QED) is 0.799. The number of sulfonamides is 1. The van der Waals surface area contributed by atoms with Gasteiger partial charge in [-0.1, -0.05) is 18.2 Å². The van der Waals surface area contributed by atoms with Crippen LogP contribution >= 0.6 is 0 Å². The summed E-state index contributed by atoms with van der Waals surface area (Å²) in [6, 6.07) is 12.5. The van der Waals surface area contributed by atoms with Crippen LogP contribution in [0.5, 0.6) is 0 Å². The van der Waals surface area contributed by atoms with Crippen molar-refractivity contribution >= 4 is 21.4 Å². The summed E-state index contributed by atoms with van der Waals surface area (Å²) in [6.07, 6.45) is 1.76. The molecule has 2 rings (SSSR count). The van der Waals surface area contributed by atoms with E-state index in [-0.39, 0.29) is 0 Å². The summed E-state index contributed by atoms with van der Waals surface area (Å²) in [5.74, 6) is 0. The van der Waals surface area contributed by atoms with E-state index in [1.165, 1.54) is 0 Å². The highest BCUT2D eigenvalue weighted by Crippen LogP contribution is 2.21. The molecule has 0 atom stereocenters. The summed E-state index contributed by atoms with van der Waals surface area (Å²) in [7, 11) is -3.58. The van der Waals surface area contributed by atoms with Gasteiger partial charge in [-0.25, -0.2) is 8.42 Å². The number of aryl methyl sites for hydroxylation is 2. The summed E-state index contributed by atoms with van der Waals surface area (Å²) in [5.41, 5.74) is 3.08. The van der Waals surface area contributed by atoms with Crippen LogP contribution in [0, 0.1) is 13.8 Å². The molecule has 0 fully saturated rings. The molecule has 0 heterocycles. The van der Waals surface area contributed by atoms with Crippen molar-refractivity contribution in [1.29, 1.82) is 0 Å². The maximum atomic E-state index is 12.5. The normalized spacial score (nSPS) is 11.0. The molecular weight excluding hydrogens is 296 g/mol. The Bertz CT molecular complexity index is 766. The number of hydrogen-bond donors (Lipinski definition) is 2. The van der Waals surface area contributed by atoms with E-state index >= 15 is 0 Å². The minimum absolute atomic E-state index is 0.307. The second-order valence-electron chi connectivity index (χ2n) is 5.12. The Hall–Kier alpha value is -2.27. The Balaban J connectivity index is 2.21. The Morgan fingerprint density at radius 2 is 1.68 bits per heavy atom. The lowest BCUT2D eigenvalue weighted by Gasteiger charge is -2.12. The zero-order chi connectivity index (χ0) is 16.2. The van der Waals surface area contributed by atoms with Crippen molar-refractivity contribution in [1.82, 2.24) is 0 Å². The molecule has 0 aromatic heterocycles. The molecule has 0 unspecified atom stereocenters. The van der Waals surface area contributed by atoms with E-state index in [4.69, 9.17) is 0 Å². The third-order valence-corrected chi connectivity index (χ3v) is 4.74. The molecule has 0 saturated heterocycles. The molecular formula is C17H20N2O2S. The molecule has 0 aliphatic rings. The summed E-state index contributed by atoms with van der Waals surface area (Å²) < 4.78 is 27.6. The maximum absolute atomic E-state index is 12.5. The van der Waals surface area contributed by atoms with Gasteiger partial charge in [-0.05, 0) is 55.3 Å². The van der Waals surface area contributed by atoms with Crippen molar-refractivity contribution in [3.8, 4) is 0 Å². The lowest BCUT2D eigenvalue weighted by Crippen LogP contribution is -2.14. The average molecular weight is 316 g/mol. The first-order valence-corrected chi connectivity index (χ1v) is 8.45. The highest BCUT2D eigenvalue weighted by molar-refractivity contribution is 7.92. The first-order chi connectivity index (χ1) is 10.4. The molecule has 0 radical (unpaired) electrons. The molecule has 116 valence electrons. The number of hydrogen-bond acceptors (Lipinski definition) is 3. The molecule has 0 aliphatic heterocycles. The van der Waals surface area contributed by atoms with Crippen molar-refractivity contribution in [2.75, 3.05) is 16.6 Å². The van der Waals surface area contributed by atoms with E-state index < -0.39 is 10.0 Å². The van der Waals surface area contributed by atoms with Crippen LogP contribution in [-0.4, -0.2) is 15.0 Å². The number of nitrogens with one attached hydrogen (secondary N) is 2. The second-order valence-corrected chi connectivity index (χ2v) is 6.77. The van der Waals surface area contributed by atoms with E-state index in [0.29, 0.717) is 17.1 Å². The summed E-state index contributed by atoms with van der Waals surface area (Å²) in [5, 5.41) is 3.14. The standard InChI is InChI=1S/C17H20N2O2S/c1-4-11-18-15-7-9-16(10-8-15)19-22(20,21)17-12-13(2)5-6-14(17)3/h4-10,12,18-19H,1,11H2,2-3H3. The lowest BCUT2D eigenvalue weighted by molar-refractivity contribution is 0.600. The minimum atomic E-state index is -3.58. The predicted octanol–water partition coefficient (Wildman–Crippen LogP) is 3.70. The third kappa shape index (κ3) is 3.89. The molecule has 0 bridgehead atoms. The van der Waals surface area contributed by atoms with Crippen LogP contribution < -0.4 is 10.0 Å². The summed E-state index contributed by atoms with van der Waals surface area (Å²) in [4.78, 5) is 0.307. The van der Waals surface area contributed by atoms with Gasteiger partial charge in [0.25, 0.3) is 10.0 Å². The van der Waals surface area contributed by atoms with Crippen molar-refractivity contribution < 1.29 is 8.42 Å². The average Bonchev–Trinajstić information content (AvgIpc) is 2.48.